The van der Waals surface area contributed by atoms with E-state index in [9.17, 15) is 8.42 Å². The molecule has 0 bridgehead atoms. The van der Waals surface area contributed by atoms with Crippen molar-refractivity contribution in [2.75, 3.05) is 6.54 Å². The molecule has 88 valence electrons. The lowest BCUT2D eigenvalue weighted by Gasteiger charge is -2.09. The van der Waals surface area contributed by atoms with Crippen LogP contribution in [0.5, 0.6) is 0 Å². The van der Waals surface area contributed by atoms with Crippen molar-refractivity contribution >= 4 is 10.0 Å². The van der Waals surface area contributed by atoms with Crippen molar-refractivity contribution in [1.29, 1.82) is 0 Å². The summed E-state index contributed by atoms with van der Waals surface area (Å²) in [5.74, 6) is 0. The van der Waals surface area contributed by atoms with Crippen LogP contribution in [0.25, 0.3) is 0 Å². The quantitative estimate of drug-likeness (QED) is 0.749. The normalized spacial score (nSPS) is 24.7. The molecular weight excluding hydrogens is 222 g/mol. The zero-order chi connectivity index (χ0) is 11.8. The van der Waals surface area contributed by atoms with E-state index in [-0.39, 0.29) is 11.3 Å². The van der Waals surface area contributed by atoms with Gasteiger partial charge in [0.25, 0.3) is 0 Å². The summed E-state index contributed by atoms with van der Waals surface area (Å²) in [6, 6.07) is 10.2. The molecule has 1 aromatic carbocycles. The smallest absolute Gasteiger partial charge is 0.212 e. The Labute approximate surface area is 97.1 Å². The largest absolute Gasteiger partial charge is 0.216 e. The van der Waals surface area contributed by atoms with E-state index < -0.39 is 10.0 Å². The monoisotopic (exact) mass is 239 g/mol. The van der Waals surface area contributed by atoms with Crippen LogP contribution in [0.3, 0.4) is 0 Å². The number of benzene rings is 1. The molecular formula is C12H17NO2S. The Balaban J connectivity index is 1.99. The Morgan fingerprint density at radius 1 is 1.31 bits per heavy atom. The number of nitrogens with zero attached hydrogens (tertiary/aromatic N) is 1. The van der Waals surface area contributed by atoms with Crippen LogP contribution in [0, 0.1) is 0 Å². The van der Waals surface area contributed by atoms with Crippen LogP contribution in [-0.4, -0.2) is 30.6 Å². The molecule has 0 aromatic heterocycles. The molecule has 1 heterocycles. The predicted octanol–water partition coefficient (Wildman–Crippen LogP) is 1.65. The van der Waals surface area contributed by atoms with Gasteiger partial charge in [0.1, 0.15) is 0 Å². The van der Waals surface area contributed by atoms with Gasteiger partial charge in [0.05, 0.1) is 5.25 Å². The molecule has 0 saturated carbocycles. The highest BCUT2D eigenvalue weighted by molar-refractivity contribution is 7.89. The first-order valence-corrected chi connectivity index (χ1v) is 7.06. The molecule has 0 aliphatic carbocycles. The predicted molar refractivity (Wildman–Crippen MR) is 64.7 cm³/mol. The second-order valence-corrected chi connectivity index (χ2v) is 6.95. The lowest BCUT2D eigenvalue weighted by molar-refractivity contribution is 0.542. The van der Waals surface area contributed by atoms with Crippen LogP contribution >= 0.6 is 0 Å². The second kappa shape index (κ2) is 4.18. The summed E-state index contributed by atoms with van der Waals surface area (Å²) in [4.78, 5) is 0. The van der Waals surface area contributed by atoms with Crippen molar-refractivity contribution in [3.8, 4) is 0 Å². The highest BCUT2D eigenvalue weighted by Gasteiger charge is 2.44. The molecule has 3 nitrogen and oxygen atoms in total. The van der Waals surface area contributed by atoms with E-state index >= 15 is 0 Å². The topological polar surface area (TPSA) is 37.1 Å². The first-order valence-electron chi connectivity index (χ1n) is 5.56. The molecule has 2 atom stereocenters. The molecule has 2 rings (SSSR count). The van der Waals surface area contributed by atoms with E-state index in [1.165, 1.54) is 5.56 Å². The molecule has 16 heavy (non-hydrogen) atoms. The minimum Gasteiger partial charge on any atom is -0.212 e. The first-order chi connectivity index (χ1) is 7.51. The van der Waals surface area contributed by atoms with E-state index in [1.54, 1.807) is 18.2 Å². The van der Waals surface area contributed by atoms with Crippen molar-refractivity contribution in [3.05, 3.63) is 35.9 Å². The van der Waals surface area contributed by atoms with Gasteiger partial charge in [0.15, 0.2) is 0 Å². The molecule has 1 fully saturated rings. The molecule has 1 aliphatic rings. The lowest BCUT2D eigenvalue weighted by atomic mass is 10.1. The Kier molecular flexibility index (Phi) is 3.04. The molecule has 1 aliphatic heterocycles. The standard InChI is InChI=1S/C12H17NO2S/c1-10(2)16(14,15)13-9-12(13)8-11-6-4-3-5-7-11/h3-7,10,12H,8-9H2,1-2H3/t12?,13-/m0/s1. The van der Waals surface area contributed by atoms with Gasteiger partial charge in [0.2, 0.25) is 10.0 Å². The van der Waals surface area contributed by atoms with E-state index in [0.717, 1.165) is 6.42 Å². The van der Waals surface area contributed by atoms with Crippen molar-refractivity contribution in [3.63, 3.8) is 0 Å². The van der Waals surface area contributed by atoms with E-state index in [2.05, 4.69) is 0 Å². The van der Waals surface area contributed by atoms with Gasteiger partial charge in [-0.05, 0) is 25.8 Å². The summed E-state index contributed by atoms with van der Waals surface area (Å²) in [6.45, 7) is 4.13. The summed E-state index contributed by atoms with van der Waals surface area (Å²) in [5.41, 5.74) is 1.20. The molecule has 1 aromatic rings. The molecule has 0 amide bonds. The van der Waals surface area contributed by atoms with Crippen molar-refractivity contribution in [2.45, 2.75) is 31.6 Å². The minimum atomic E-state index is -3.04. The highest BCUT2D eigenvalue weighted by Crippen LogP contribution is 2.28. The Bertz CT molecular complexity index is 453. The lowest BCUT2D eigenvalue weighted by Crippen LogP contribution is -2.24. The fourth-order valence-corrected chi connectivity index (χ4v) is 3.21. The molecule has 0 N–H and O–H groups in total. The molecule has 4 heteroatoms. The fraction of sp³-hybridized carbons (Fsp3) is 0.500. The first kappa shape index (κ1) is 11.6. The van der Waals surface area contributed by atoms with Gasteiger partial charge in [-0.15, -0.1) is 0 Å². The zero-order valence-corrected chi connectivity index (χ0v) is 10.4. The third kappa shape index (κ3) is 2.28. The van der Waals surface area contributed by atoms with Gasteiger partial charge in [-0.25, -0.2) is 8.42 Å². The van der Waals surface area contributed by atoms with Gasteiger partial charge in [-0.1, -0.05) is 30.3 Å². The molecule has 0 spiro atoms. The average molecular weight is 239 g/mol. The van der Waals surface area contributed by atoms with E-state index in [0.29, 0.717) is 6.54 Å². The summed E-state index contributed by atoms with van der Waals surface area (Å²) >= 11 is 0. The van der Waals surface area contributed by atoms with Crippen molar-refractivity contribution < 1.29 is 8.42 Å². The number of sulfonamides is 1. The van der Waals surface area contributed by atoms with Crippen LogP contribution in [0.4, 0.5) is 0 Å². The molecule has 1 unspecified atom stereocenters. The van der Waals surface area contributed by atoms with Gasteiger partial charge >= 0.3 is 0 Å². The molecule has 1 saturated heterocycles. The minimum absolute atomic E-state index is 0.176. The van der Waals surface area contributed by atoms with Crippen molar-refractivity contribution in [2.24, 2.45) is 0 Å². The van der Waals surface area contributed by atoms with Crippen LogP contribution < -0.4 is 0 Å². The molecule has 0 radical (unpaired) electrons. The summed E-state index contributed by atoms with van der Waals surface area (Å²) in [7, 11) is -3.04. The average Bonchev–Trinajstić information content (AvgIpc) is 2.99. The maximum atomic E-state index is 11.8. The van der Waals surface area contributed by atoms with E-state index in [4.69, 9.17) is 0 Å². The van der Waals surface area contributed by atoms with Gasteiger partial charge in [-0.3, -0.25) is 0 Å². The number of rotatable bonds is 4. The van der Waals surface area contributed by atoms with Crippen LogP contribution in [-0.2, 0) is 16.4 Å². The summed E-state index contributed by atoms with van der Waals surface area (Å²) in [5, 5.41) is -0.312. The summed E-state index contributed by atoms with van der Waals surface area (Å²) in [6.07, 6.45) is 0.826. The number of hydrogen-bond acceptors (Lipinski definition) is 2. The van der Waals surface area contributed by atoms with Crippen molar-refractivity contribution in [1.82, 2.24) is 4.31 Å². The van der Waals surface area contributed by atoms with Gasteiger partial charge in [0, 0.05) is 12.6 Å². The van der Waals surface area contributed by atoms with Crippen LogP contribution in [0.2, 0.25) is 0 Å². The second-order valence-electron chi connectivity index (χ2n) is 4.51. The Morgan fingerprint density at radius 2 is 1.94 bits per heavy atom. The maximum Gasteiger partial charge on any atom is 0.216 e. The maximum absolute atomic E-state index is 11.8. The van der Waals surface area contributed by atoms with Gasteiger partial charge < -0.3 is 0 Å². The van der Waals surface area contributed by atoms with Crippen LogP contribution in [0.1, 0.15) is 19.4 Å². The van der Waals surface area contributed by atoms with E-state index in [1.807, 2.05) is 30.3 Å². The fourth-order valence-electron chi connectivity index (χ4n) is 1.80. The van der Waals surface area contributed by atoms with Crippen LogP contribution in [0.15, 0.2) is 30.3 Å². The number of hydrogen-bond donors (Lipinski definition) is 0. The SMILES string of the molecule is CC(C)S(=O)(=O)[N@@]1CC1Cc1ccccc1. The Hall–Kier alpha value is -0.870. The Morgan fingerprint density at radius 3 is 2.50 bits per heavy atom. The van der Waals surface area contributed by atoms with Gasteiger partial charge in [-0.2, -0.15) is 4.31 Å². The third-order valence-corrected chi connectivity index (χ3v) is 5.19. The summed E-state index contributed by atoms with van der Waals surface area (Å²) < 4.78 is 25.2. The zero-order valence-electron chi connectivity index (χ0n) is 9.63. The third-order valence-electron chi connectivity index (χ3n) is 2.90. The highest BCUT2D eigenvalue weighted by atomic mass is 32.2.